The van der Waals surface area contributed by atoms with E-state index in [0.29, 0.717) is 11.6 Å². The van der Waals surface area contributed by atoms with E-state index in [0.717, 1.165) is 49.0 Å². The Morgan fingerprint density at radius 1 is 1.20 bits per heavy atom. The monoisotopic (exact) mass is 359 g/mol. The third-order valence-corrected chi connectivity index (χ3v) is 5.23. The number of piperazine rings is 1. The quantitative estimate of drug-likeness (QED) is 0.822. The highest BCUT2D eigenvalue weighted by Gasteiger charge is 2.24. The highest BCUT2D eigenvalue weighted by Crippen LogP contribution is 2.26. The fourth-order valence-electron chi connectivity index (χ4n) is 3.05. The average molecular weight is 359 g/mol. The maximum Gasteiger partial charge on any atom is 0.273 e. The number of ether oxygens (including phenoxy) is 1. The number of hydrogen-bond acceptors (Lipinski definition) is 5. The summed E-state index contributed by atoms with van der Waals surface area (Å²) in [5.41, 5.74) is 1.56. The van der Waals surface area contributed by atoms with Gasteiger partial charge in [0.1, 0.15) is 16.5 Å². The summed E-state index contributed by atoms with van der Waals surface area (Å²) in [6.45, 7) is 9.00. The molecule has 0 unspecified atom stereocenters. The molecule has 0 aliphatic carbocycles. The molecule has 6 heteroatoms. The number of thiazole rings is 1. The number of rotatable bonds is 5. The number of carbonyl (C=O) groups excluding carboxylic acids is 1. The topological polar surface area (TPSA) is 45.7 Å². The number of hydrogen-bond donors (Lipinski definition) is 0. The lowest BCUT2D eigenvalue weighted by Crippen LogP contribution is -2.49. The molecule has 1 saturated heterocycles. The number of carbonyl (C=O) groups is 1. The van der Waals surface area contributed by atoms with Crippen molar-refractivity contribution in [2.75, 3.05) is 39.8 Å². The first-order valence-electron chi connectivity index (χ1n) is 8.68. The summed E-state index contributed by atoms with van der Waals surface area (Å²) in [6, 6.07) is 7.76. The Kier molecular flexibility index (Phi) is 5.71. The van der Waals surface area contributed by atoms with Crippen molar-refractivity contribution in [1.29, 1.82) is 0 Å². The number of amides is 1. The van der Waals surface area contributed by atoms with Crippen LogP contribution in [0.3, 0.4) is 0 Å². The number of methoxy groups -OCH3 is 1. The predicted molar refractivity (Wildman–Crippen MR) is 101 cm³/mol. The minimum atomic E-state index is 0.0419. The van der Waals surface area contributed by atoms with Crippen LogP contribution in [0, 0.1) is 5.92 Å². The van der Waals surface area contributed by atoms with Crippen molar-refractivity contribution in [3.05, 3.63) is 35.3 Å². The molecule has 0 saturated carbocycles. The van der Waals surface area contributed by atoms with Crippen molar-refractivity contribution in [2.45, 2.75) is 13.8 Å². The molecule has 5 nitrogen and oxygen atoms in total. The Morgan fingerprint density at radius 3 is 2.48 bits per heavy atom. The lowest BCUT2D eigenvalue weighted by Gasteiger charge is -2.35. The molecule has 2 heterocycles. The molecule has 25 heavy (non-hydrogen) atoms. The highest BCUT2D eigenvalue weighted by molar-refractivity contribution is 7.13. The first-order valence-corrected chi connectivity index (χ1v) is 9.56. The number of nitrogens with zero attached hydrogens (tertiary/aromatic N) is 3. The summed E-state index contributed by atoms with van der Waals surface area (Å²) in [5.74, 6) is 1.52. The fraction of sp³-hybridized carbons (Fsp3) is 0.474. The van der Waals surface area contributed by atoms with Gasteiger partial charge in [-0.15, -0.1) is 11.3 Å². The van der Waals surface area contributed by atoms with E-state index < -0.39 is 0 Å². The largest absolute Gasteiger partial charge is 0.497 e. The van der Waals surface area contributed by atoms with Crippen LogP contribution in [-0.4, -0.2) is 60.5 Å². The molecule has 0 spiro atoms. The molecular weight excluding hydrogens is 334 g/mol. The van der Waals surface area contributed by atoms with Crippen molar-refractivity contribution >= 4 is 17.2 Å². The molecule has 1 aromatic heterocycles. The molecular formula is C19H25N3O2S. The molecule has 1 fully saturated rings. The van der Waals surface area contributed by atoms with Crippen molar-refractivity contribution in [1.82, 2.24) is 14.8 Å². The lowest BCUT2D eigenvalue weighted by atomic mass is 10.2. The van der Waals surface area contributed by atoms with E-state index in [1.165, 1.54) is 11.3 Å². The van der Waals surface area contributed by atoms with Gasteiger partial charge >= 0.3 is 0 Å². The van der Waals surface area contributed by atoms with Gasteiger partial charge in [-0.2, -0.15) is 0 Å². The molecule has 0 N–H and O–H groups in total. The molecule has 1 aliphatic heterocycles. The van der Waals surface area contributed by atoms with Crippen molar-refractivity contribution in [3.63, 3.8) is 0 Å². The second-order valence-electron chi connectivity index (χ2n) is 6.75. The predicted octanol–water partition coefficient (Wildman–Crippen LogP) is 3.23. The van der Waals surface area contributed by atoms with Gasteiger partial charge < -0.3 is 9.64 Å². The molecule has 1 aliphatic rings. The summed E-state index contributed by atoms with van der Waals surface area (Å²) < 4.78 is 5.18. The Morgan fingerprint density at radius 2 is 1.88 bits per heavy atom. The third-order valence-electron chi connectivity index (χ3n) is 4.34. The van der Waals surface area contributed by atoms with Gasteiger partial charge in [-0.1, -0.05) is 13.8 Å². The average Bonchev–Trinajstić information content (AvgIpc) is 3.11. The second-order valence-corrected chi connectivity index (χ2v) is 7.61. The molecule has 1 aromatic carbocycles. The van der Waals surface area contributed by atoms with Gasteiger partial charge in [-0.3, -0.25) is 9.69 Å². The molecule has 0 radical (unpaired) electrons. The second kappa shape index (κ2) is 7.97. The van der Waals surface area contributed by atoms with Gasteiger partial charge in [0.25, 0.3) is 5.91 Å². The normalized spacial score (nSPS) is 15.6. The molecule has 3 rings (SSSR count). The zero-order valence-corrected chi connectivity index (χ0v) is 15.9. The fourth-order valence-corrected chi connectivity index (χ4v) is 3.85. The summed E-state index contributed by atoms with van der Waals surface area (Å²) in [5, 5.41) is 2.73. The summed E-state index contributed by atoms with van der Waals surface area (Å²) in [6.07, 6.45) is 0. The van der Waals surface area contributed by atoms with Gasteiger partial charge in [0.15, 0.2) is 0 Å². The highest BCUT2D eigenvalue weighted by atomic mass is 32.1. The van der Waals surface area contributed by atoms with Crippen molar-refractivity contribution in [2.24, 2.45) is 5.92 Å². The first kappa shape index (κ1) is 17.9. The SMILES string of the molecule is COc1ccc(-c2nc(C(=O)N3CCN(CC(C)C)CC3)cs2)cc1. The van der Waals surface area contributed by atoms with Crippen molar-refractivity contribution < 1.29 is 9.53 Å². The van der Waals surface area contributed by atoms with Crippen LogP contribution in [0.4, 0.5) is 0 Å². The van der Waals surface area contributed by atoms with Gasteiger partial charge in [0.2, 0.25) is 0 Å². The Bertz CT molecular complexity index is 704. The van der Waals surface area contributed by atoms with E-state index in [2.05, 4.69) is 23.7 Å². The van der Waals surface area contributed by atoms with E-state index in [4.69, 9.17) is 4.74 Å². The molecule has 134 valence electrons. The van der Waals surface area contributed by atoms with Crippen LogP contribution in [-0.2, 0) is 0 Å². The molecule has 0 atom stereocenters. The van der Waals surface area contributed by atoms with E-state index in [9.17, 15) is 4.79 Å². The minimum Gasteiger partial charge on any atom is -0.497 e. The van der Waals surface area contributed by atoms with E-state index in [-0.39, 0.29) is 5.91 Å². The zero-order chi connectivity index (χ0) is 17.8. The van der Waals surface area contributed by atoms with Crippen LogP contribution in [0.25, 0.3) is 10.6 Å². The van der Waals surface area contributed by atoms with Crippen LogP contribution in [0.2, 0.25) is 0 Å². The molecule has 2 aromatic rings. The maximum absolute atomic E-state index is 12.7. The standard InChI is InChI=1S/C19H25N3O2S/c1-14(2)12-21-8-10-22(11-9-21)19(23)17-13-25-18(20-17)15-4-6-16(24-3)7-5-15/h4-7,13-14H,8-12H2,1-3H3. The van der Waals surface area contributed by atoms with Gasteiger partial charge in [0, 0.05) is 43.7 Å². The van der Waals surface area contributed by atoms with Crippen LogP contribution in [0.15, 0.2) is 29.6 Å². The Labute approximate surface area is 153 Å². The van der Waals surface area contributed by atoms with E-state index in [1.807, 2.05) is 34.5 Å². The van der Waals surface area contributed by atoms with Crippen molar-refractivity contribution in [3.8, 4) is 16.3 Å². The lowest BCUT2D eigenvalue weighted by molar-refractivity contribution is 0.0619. The smallest absolute Gasteiger partial charge is 0.273 e. The Balaban J connectivity index is 1.63. The van der Waals surface area contributed by atoms with E-state index in [1.54, 1.807) is 7.11 Å². The number of benzene rings is 1. The minimum absolute atomic E-state index is 0.0419. The van der Waals surface area contributed by atoms with Crippen LogP contribution in [0.1, 0.15) is 24.3 Å². The molecule has 0 bridgehead atoms. The summed E-state index contributed by atoms with van der Waals surface area (Å²) >= 11 is 1.51. The van der Waals surface area contributed by atoms with Crippen LogP contribution in [0.5, 0.6) is 5.75 Å². The first-order chi connectivity index (χ1) is 12.1. The zero-order valence-electron chi connectivity index (χ0n) is 15.1. The third kappa shape index (κ3) is 4.38. The van der Waals surface area contributed by atoms with Crippen LogP contribution < -0.4 is 4.74 Å². The summed E-state index contributed by atoms with van der Waals surface area (Å²) in [7, 11) is 1.65. The van der Waals surface area contributed by atoms with Gasteiger partial charge in [-0.05, 0) is 30.2 Å². The molecule has 1 amide bonds. The van der Waals surface area contributed by atoms with E-state index >= 15 is 0 Å². The maximum atomic E-state index is 12.7. The number of aromatic nitrogens is 1. The Hall–Kier alpha value is -1.92. The van der Waals surface area contributed by atoms with Crippen LogP contribution >= 0.6 is 11.3 Å². The van der Waals surface area contributed by atoms with Gasteiger partial charge in [-0.25, -0.2) is 4.98 Å². The van der Waals surface area contributed by atoms with Gasteiger partial charge in [0.05, 0.1) is 7.11 Å². The summed E-state index contributed by atoms with van der Waals surface area (Å²) in [4.78, 5) is 21.6.